The number of carbonyl (C=O) groups excluding carboxylic acids is 8. The van der Waals surface area contributed by atoms with Gasteiger partial charge in [0, 0.05) is 68.3 Å². The molecule has 0 bridgehead atoms. The van der Waals surface area contributed by atoms with Crippen molar-refractivity contribution in [2.24, 2.45) is 23.7 Å². The lowest BCUT2D eigenvalue weighted by Crippen LogP contribution is -2.63. The van der Waals surface area contributed by atoms with Crippen LogP contribution < -0.4 is 36.6 Å². The number of quaternary nitrogens is 1. The van der Waals surface area contributed by atoms with Gasteiger partial charge in [-0.15, -0.1) is 11.3 Å². The third-order valence-electron chi connectivity index (χ3n) is 25.1. The van der Waals surface area contributed by atoms with E-state index in [1.807, 2.05) is 96.3 Å². The molecule has 2 saturated heterocycles. The summed E-state index contributed by atoms with van der Waals surface area (Å²) < 4.78 is 90.3. The number of unbranched alkanes of at least 4 members (excludes halogenated alkanes) is 1. The molecule has 5 aromatic rings. The number of carboxylic acids is 2. The zero-order valence-corrected chi connectivity index (χ0v) is 85.8. The van der Waals surface area contributed by atoms with E-state index in [1.165, 1.54) is 6.07 Å². The molecular formula is C103H154N9O31S+. The number of aliphatic hydroxyl groups is 3. The van der Waals surface area contributed by atoms with Crippen LogP contribution in [-0.2, 0) is 118 Å². The number of esters is 1. The maximum absolute atomic E-state index is 15.2. The standard InChI is InChI=1S/C103H153N9O31S/c1-11-35-105-93(117)80(108-103(127)140-66-79-77-28-18-16-26-75(77)76-27-17-19-29-78(76)79)30-20-22-36-104-87(113)34-38-128-39-40-129-41-42-130-43-44-131-45-46-132-47-48-133-49-50-134-51-52-135-53-54-136-55-56-137-57-58-138-59-60-139-102(126)109-81-63-73(32-33-85(81)142-101-91(116)89(114)90(115)92(143-101)99(123)124)65-112(10)37-23-21-31-84(112)95(119)110-88(70(7)12-2)97(120)111(9)83(68(3)4)64-86(141-100(125)69(5)6)96-107-82(67-144-96)94(118)106-74(61-71(8)98(121)122)62-72-24-14-13-15-25-72/h13-19,24-29,32-33,63,67-71,74,79-80,83-84,86,88-92,101,114-116H,11-12,20-23,30-31,34-62,64-66H2,1-10H3,(H7-,104,105,106,108,109,110,113,117,118,119,121,122,123,124,126,127)/p+1/t70-,71-,74+,80-,83+,84+,86+,88-,89-,90-,91+,92-,101+,112?/m0/s1. The lowest BCUT2D eigenvalue weighted by Gasteiger charge is -2.44. The van der Waals surface area contributed by atoms with Crippen molar-refractivity contribution in [1.29, 1.82) is 0 Å². The number of aliphatic carboxylic acids is 2. The Labute approximate surface area is 848 Å². The minimum Gasteiger partial charge on any atom is -0.481 e. The highest BCUT2D eigenvalue weighted by Gasteiger charge is 2.49. The number of benzene rings is 4. The summed E-state index contributed by atoms with van der Waals surface area (Å²) in [5.41, 5.74) is 5.95. The van der Waals surface area contributed by atoms with Gasteiger partial charge in [-0.05, 0) is 109 Å². The van der Waals surface area contributed by atoms with Crippen LogP contribution in [0.25, 0.3) is 11.1 Å². The van der Waals surface area contributed by atoms with Gasteiger partial charge in [0.15, 0.2) is 18.2 Å². The number of piperidine rings is 1. The number of aromatic nitrogens is 1. The smallest absolute Gasteiger partial charge is 0.411 e. The topological polar surface area (TPSA) is 508 Å². The van der Waals surface area contributed by atoms with Crippen LogP contribution in [-0.4, -0.2) is 353 Å². The predicted molar refractivity (Wildman–Crippen MR) is 531 cm³/mol. The average molecular weight is 2050 g/mol. The van der Waals surface area contributed by atoms with Gasteiger partial charge in [0.25, 0.3) is 11.8 Å². The van der Waals surface area contributed by atoms with Gasteiger partial charge in [-0.2, -0.15) is 0 Å². The Hall–Kier alpha value is -10.0. The summed E-state index contributed by atoms with van der Waals surface area (Å²) >= 11 is 1.12. The molecular weight excluding hydrogens is 1890 g/mol. The summed E-state index contributed by atoms with van der Waals surface area (Å²) in [6.45, 7) is 23.3. The predicted octanol–water partition coefficient (Wildman–Crippen LogP) is 8.55. The van der Waals surface area contributed by atoms with Gasteiger partial charge >= 0.3 is 30.1 Å². The van der Waals surface area contributed by atoms with E-state index in [1.54, 1.807) is 50.2 Å². The number of alkyl carbamates (subject to hydrolysis) is 1. The molecule has 40 nitrogen and oxygen atoms in total. The Morgan fingerprint density at radius 3 is 1.67 bits per heavy atom. The van der Waals surface area contributed by atoms with E-state index in [0.717, 1.165) is 52.0 Å². The van der Waals surface area contributed by atoms with E-state index in [2.05, 4.69) is 56.2 Å². The first-order valence-electron chi connectivity index (χ1n) is 50.2. The second-order valence-electron chi connectivity index (χ2n) is 36.8. The summed E-state index contributed by atoms with van der Waals surface area (Å²) in [5, 5.41) is 70.9. The highest BCUT2D eigenvalue weighted by Crippen LogP contribution is 2.45. The fraction of sp³-hybridized carbons (Fsp3) is 0.641. The SMILES string of the molecule is CCCNC(=O)[C@H](CCCCNC(=O)CCOCCOCCOCCOCCOCCOCCOCCOCCOCCOCCOCCOC(=O)Nc1cc(C[N+]2(C)CCCC[C@@H]2C(=O)N[C@H](C(=O)N(C)[C@H](C[C@@H](OC(=O)C(C)C)c2nc(C(=O)N[C@@H](Cc3ccccc3)C[C@H](C)C(=O)O)cs2)C(C)C)[C@@H](C)CC)ccc1O[C@@H]1O[C@H](C(=O)O)[C@@H](O)[C@H](O)[C@H]1O)NC(=O)OCC1c2ccccc2-c2ccccc21. The van der Waals surface area contributed by atoms with Crippen molar-refractivity contribution in [3.63, 3.8) is 0 Å². The zero-order chi connectivity index (χ0) is 104. The van der Waals surface area contributed by atoms with E-state index in [0.29, 0.717) is 187 Å². The molecule has 14 atom stereocenters. The molecule has 0 radical (unpaired) electrons. The fourth-order valence-corrected chi connectivity index (χ4v) is 17.6. The number of nitrogens with zero attached hydrogens (tertiary/aromatic N) is 3. The quantitative estimate of drug-likeness (QED) is 0.00751. The molecule has 1 aromatic heterocycles. The number of fused-ring (bicyclic) bond motifs is 3. The van der Waals surface area contributed by atoms with Crippen LogP contribution in [0, 0.1) is 23.7 Å². The number of carbonyl (C=O) groups is 10. The van der Waals surface area contributed by atoms with Crippen molar-refractivity contribution < 1.29 is 154 Å². The number of anilines is 1. The first-order valence-corrected chi connectivity index (χ1v) is 51.1. The third kappa shape index (κ3) is 41.0. The Morgan fingerprint density at radius 2 is 1.13 bits per heavy atom. The van der Waals surface area contributed by atoms with Crippen LogP contribution in [0.15, 0.2) is 102 Å². The molecule has 8 rings (SSSR count). The van der Waals surface area contributed by atoms with Crippen molar-refractivity contribution in [2.75, 3.05) is 198 Å². The van der Waals surface area contributed by atoms with E-state index in [4.69, 9.17) is 80.8 Å². The molecule has 802 valence electrons. The van der Waals surface area contributed by atoms with Gasteiger partial charge < -0.3 is 137 Å². The van der Waals surface area contributed by atoms with Gasteiger partial charge in [-0.1, -0.05) is 141 Å². The minimum absolute atomic E-state index is 0.0257. The van der Waals surface area contributed by atoms with Crippen LogP contribution >= 0.6 is 11.3 Å². The fourth-order valence-electron chi connectivity index (χ4n) is 16.8. The minimum atomic E-state index is -2.01. The summed E-state index contributed by atoms with van der Waals surface area (Å²) in [4.78, 5) is 140. The van der Waals surface area contributed by atoms with Crippen molar-refractivity contribution >= 4 is 76.7 Å². The first-order chi connectivity index (χ1) is 69.4. The summed E-state index contributed by atoms with van der Waals surface area (Å²) in [6.07, 6.45) is -6.93. The molecule has 144 heavy (non-hydrogen) atoms. The zero-order valence-electron chi connectivity index (χ0n) is 84.9. The Bertz CT molecular complexity index is 4630. The molecule has 11 N–H and O–H groups in total. The molecule has 1 unspecified atom stereocenters. The summed E-state index contributed by atoms with van der Waals surface area (Å²) in [7, 11) is 3.57. The van der Waals surface area contributed by atoms with Crippen LogP contribution in [0.3, 0.4) is 0 Å². The molecule has 3 heterocycles. The van der Waals surface area contributed by atoms with Gasteiger partial charge in [0.1, 0.15) is 66.6 Å². The van der Waals surface area contributed by atoms with E-state index in [9.17, 15) is 63.9 Å². The van der Waals surface area contributed by atoms with Crippen molar-refractivity contribution in [3.05, 3.63) is 135 Å². The second kappa shape index (κ2) is 65.5. The molecule has 1 aliphatic carbocycles. The maximum atomic E-state index is 15.2. The molecule has 7 amide bonds. The van der Waals surface area contributed by atoms with E-state index >= 15 is 9.59 Å². The largest absolute Gasteiger partial charge is 0.481 e. The summed E-state index contributed by atoms with van der Waals surface area (Å²) in [6, 6.07) is 26.6. The van der Waals surface area contributed by atoms with Crippen molar-refractivity contribution in [1.82, 2.24) is 36.5 Å². The van der Waals surface area contributed by atoms with Gasteiger partial charge in [0.05, 0.1) is 176 Å². The first kappa shape index (κ1) is 119. The number of aliphatic hydroxyl groups excluding tert-OH is 3. The number of hydrogen-bond acceptors (Lipinski definition) is 31. The molecule has 0 saturated carbocycles. The van der Waals surface area contributed by atoms with E-state index in [-0.39, 0.29) is 135 Å². The highest BCUT2D eigenvalue weighted by atomic mass is 32.1. The van der Waals surface area contributed by atoms with Crippen molar-refractivity contribution in [2.45, 2.75) is 212 Å². The number of hydrogen-bond donors (Lipinski definition) is 11. The molecule has 4 aromatic carbocycles. The summed E-state index contributed by atoms with van der Waals surface area (Å²) in [5.74, 6) is -7.03. The Morgan fingerprint density at radius 1 is 0.583 bits per heavy atom. The third-order valence-corrected chi connectivity index (χ3v) is 26.0. The Balaban J connectivity index is 0.641. The number of amides is 7. The van der Waals surface area contributed by atoms with Crippen LogP contribution in [0.2, 0.25) is 0 Å². The number of carboxylic acid groups (broad SMARTS) is 2. The number of ether oxygens (including phenoxy) is 16. The lowest BCUT2D eigenvalue weighted by molar-refractivity contribution is -0.942. The number of nitrogens with one attached hydrogen (secondary N) is 6. The monoisotopic (exact) mass is 2050 g/mol. The van der Waals surface area contributed by atoms with E-state index < -0.39 is 115 Å². The van der Waals surface area contributed by atoms with Crippen LogP contribution in [0.4, 0.5) is 15.3 Å². The average Bonchev–Trinajstić information content (AvgIpc) is 1.70. The highest BCUT2D eigenvalue weighted by molar-refractivity contribution is 7.09. The number of likely N-dealkylation sites (tertiary alicyclic amines) is 1. The van der Waals surface area contributed by atoms with Gasteiger partial charge in [-0.25, -0.2) is 19.4 Å². The van der Waals surface area contributed by atoms with Gasteiger partial charge in [0.2, 0.25) is 24.0 Å². The number of thiazole rings is 1. The Kier molecular flexibility index (Phi) is 54.3. The number of likely N-dealkylation sites (N-methyl/N-ethyl adjacent to an activating group) is 2. The maximum Gasteiger partial charge on any atom is 0.411 e. The van der Waals surface area contributed by atoms with Crippen molar-refractivity contribution in [3.8, 4) is 16.9 Å². The molecule has 41 heteroatoms. The van der Waals surface area contributed by atoms with Gasteiger partial charge in [-0.3, -0.25) is 38.9 Å². The molecule has 3 aliphatic rings. The lowest BCUT2D eigenvalue weighted by atomic mass is 9.92. The molecule has 2 aliphatic heterocycles. The molecule has 2 fully saturated rings. The van der Waals surface area contributed by atoms with Crippen LogP contribution in [0.1, 0.15) is 176 Å². The normalized spacial score (nSPS) is 18.6. The second-order valence-corrected chi connectivity index (χ2v) is 37.7. The number of rotatable bonds is 72. The van der Waals surface area contributed by atoms with Crippen LogP contribution in [0.5, 0.6) is 5.75 Å². The molecule has 0 spiro atoms.